The number of aromatic hydroxyl groups is 1. The SMILES string of the molecule is COc1ccc(C2CSc3ccccc3S2)cc1O. The molecular weight excluding hydrogens is 276 g/mol. The lowest BCUT2D eigenvalue weighted by molar-refractivity contribution is 0.373. The third-order valence-electron chi connectivity index (χ3n) is 3.08. The molecule has 0 aliphatic carbocycles. The van der Waals surface area contributed by atoms with Gasteiger partial charge in [0.2, 0.25) is 0 Å². The first-order valence-corrected chi connectivity index (χ1v) is 7.90. The van der Waals surface area contributed by atoms with E-state index >= 15 is 0 Å². The Kier molecular flexibility index (Phi) is 3.62. The molecule has 0 radical (unpaired) electrons. The molecule has 98 valence electrons. The molecule has 1 aliphatic heterocycles. The van der Waals surface area contributed by atoms with Gasteiger partial charge in [0.1, 0.15) is 0 Å². The normalized spacial score (nSPS) is 17.8. The molecule has 2 aromatic carbocycles. The lowest BCUT2D eigenvalue weighted by Crippen LogP contribution is -2.02. The van der Waals surface area contributed by atoms with E-state index in [0.717, 1.165) is 11.3 Å². The molecule has 0 saturated heterocycles. The molecular formula is C15H14O2S2. The summed E-state index contributed by atoms with van der Waals surface area (Å²) in [7, 11) is 1.57. The third kappa shape index (κ3) is 2.55. The molecule has 0 amide bonds. The monoisotopic (exact) mass is 290 g/mol. The van der Waals surface area contributed by atoms with E-state index in [0.29, 0.717) is 11.0 Å². The van der Waals surface area contributed by atoms with Gasteiger partial charge in [0.15, 0.2) is 11.5 Å². The van der Waals surface area contributed by atoms with Gasteiger partial charge in [0, 0.05) is 20.8 Å². The van der Waals surface area contributed by atoms with Crippen molar-refractivity contribution in [1.82, 2.24) is 0 Å². The van der Waals surface area contributed by atoms with Crippen LogP contribution in [0.25, 0.3) is 0 Å². The van der Waals surface area contributed by atoms with Crippen molar-refractivity contribution in [2.45, 2.75) is 15.0 Å². The standard InChI is InChI=1S/C15H14O2S2/c1-17-12-7-6-10(8-11(12)16)15-9-18-13-4-2-3-5-14(13)19-15/h2-8,15-16H,9H2,1H3. The maximum Gasteiger partial charge on any atom is 0.160 e. The van der Waals surface area contributed by atoms with Gasteiger partial charge >= 0.3 is 0 Å². The summed E-state index contributed by atoms with van der Waals surface area (Å²) in [6, 6.07) is 14.1. The summed E-state index contributed by atoms with van der Waals surface area (Å²) < 4.78 is 5.08. The molecule has 1 atom stereocenters. The number of methoxy groups -OCH3 is 1. The van der Waals surface area contributed by atoms with Crippen molar-refractivity contribution in [3.8, 4) is 11.5 Å². The Morgan fingerprint density at radius 1 is 1.16 bits per heavy atom. The summed E-state index contributed by atoms with van der Waals surface area (Å²) in [5.41, 5.74) is 1.14. The van der Waals surface area contributed by atoms with Gasteiger partial charge in [-0.2, -0.15) is 0 Å². The van der Waals surface area contributed by atoms with Crippen LogP contribution in [0.4, 0.5) is 0 Å². The van der Waals surface area contributed by atoms with Crippen LogP contribution < -0.4 is 4.74 Å². The maximum atomic E-state index is 9.88. The van der Waals surface area contributed by atoms with Gasteiger partial charge < -0.3 is 9.84 Å². The number of benzene rings is 2. The first-order valence-electron chi connectivity index (χ1n) is 6.03. The molecule has 1 N–H and O–H groups in total. The number of fused-ring (bicyclic) bond motifs is 1. The fourth-order valence-electron chi connectivity index (χ4n) is 2.09. The Hall–Kier alpha value is -1.26. The van der Waals surface area contributed by atoms with E-state index in [1.807, 2.05) is 41.7 Å². The van der Waals surface area contributed by atoms with Crippen LogP contribution in [0.2, 0.25) is 0 Å². The summed E-state index contributed by atoms with van der Waals surface area (Å²) in [5, 5.41) is 10.2. The average Bonchev–Trinajstić information content (AvgIpc) is 2.46. The molecule has 0 saturated carbocycles. The minimum absolute atomic E-state index is 0.212. The molecule has 0 fully saturated rings. The van der Waals surface area contributed by atoms with Gasteiger partial charge in [-0.25, -0.2) is 0 Å². The van der Waals surface area contributed by atoms with E-state index < -0.39 is 0 Å². The van der Waals surface area contributed by atoms with Crippen molar-refractivity contribution in [3.63, 3.8) is 0 Å². The highest BCUT2D eigenvalue weighted by Crippen LogP contribution is 2.48. The van der Waals surface area contributed by atoms with Crippen LogP contribution >= 0.6 is 23.5 Å². The number of ether oxygens (including phenoxy) is 1. The van der Waals surface area contributed by atoms with Crippen LogP contribution in [0.3, 0.4) is 0 Å². The fraction of sp³-hybridized carbons (Fsp3) is 0.200. The first-order chi connectivity index (χ1) is 9.28. The second kappa shape index (κ2) is 5.39. The summed E-state index contributed by atoms with van der Waals surface area (Å²) in [6.07, 6.45) is 0. The van der Waals surface area contributed by atoms with Gasteiger partial charge in [0.05, 0.1) is 7.11 Å². The van der Waals surface area contributed by atoms with E-state index in [9.17, 15) is 5.11 Å². The second-order valence-electron chi connectivity index (χ2n) is 4.30. The van der Waals surface area contributed by atoms with E-state index in [2.05, 4.69) is 24.3 Å². The number of phenols is 1. The van der Waals surface area contributed by atoms with Crippen LogP contribution in [0.15, 0.2) is 52.3 Å². The predicted molar refractivity (Wildman–Crippen MR) is 80.4 cm³/mol. The molecule has 0 aromatic heterocycles. The topological polar surface area (TPSA) is 29.5 Å². The smallest absolute Gasteiger partial charge is 0.160 e. The molecule has 3 rings (SSSR count). The van der Waals surface area contributed by atoms with E-state index in [-0.39, 0.29) is 5.75 Å². The summed E-state index contributed by atoms with van der Waals surface area (Å²) in [5.74, 6) is 1.76. The third-order valence-corrected chi connectivity index (χ3v) is 5.92. The minimum atomic E-state index is 0.212. The number of phenolic OH excluding ortho intramolecular Hbond substituents is 1. The van der Waals surface area contributed by atoms with Gasteiger partial charge in [0.25, 0.3) is 0 Å². The summed E-state index contributed by atoms with van der Waals surface area (Å²) >= 11 is 3.73. The van der Waals surface area contributed by atoms with Gasteiger partial charge in [-0.05, 0) is 29.8 Å². The zero-order chi connectivity index (χ0) is 13.2. The quantitative estimate of drug-likeness (QED) is 0.891. The number of hydrogen-bond donors (Lipinski definition) is 1. The molecule has 1 aliphatic rings. The first kappa shape index (κ1) is 12.8. The minimum Gasteiger partial charge on any atom is -0.504 e. The van der Waals surface area contributed by atoms with Crippen molar-refractivity contribution in [2.24, 2.45) is 0 Å². The Morgan fingerprint density at radius 2 is 1.95 bits per heavy atom. The van der Waals surface area contributed by atoms with Gasteiger partial charge in [-0.1, -0.05) is 18.2 Å². The molecule has 19 heavy (non-hydrogen) atoms. The van der Waals surface area contributed by atoms with E-state index in [1.165, 1.54) is 9.79 Å². The van der Waals surface area contributed by atoms with Crippen molar-refractivity contribution in [1.29, 1.82) is 0 Å². The van der Waals surface area contributed by atoms with Crippen LogP contribution in [0.1, 0.15) is 10.8 Å². The second-order valence-corrected chi connectivity index (χ2v) is 6.60. The largest absolute Gasteiger partial charge is 0.504 e. The molecule has 1 heterocycles. The van der Waals surface area contributed by atoms with Crippen LogP contribution in [0, 0.1) is 0 Å². The van der Waals surface area contributed by atoms with Crippen LogP contribution in [0.5, 0.6) is 11.5 Å². The highest BCUT2D eigenvalue weighted by molar-refractivity contribution is 8.05. The van der Waals surface area contributed by atoms with E-state index in [4.69, 9.17) is 4.74 Å². The van der Waals surface area contributed by atoms with Crippen molar-refractivity contribution >= 4 is 23.5 Å². The maximum absolute atomic E-state index is 9.88. The predicted octanol–water partition coefficient (Wildman–Crippen LogP) is 4.34. The van der Waals surface area contributed by atoms with Crippen molar-refractivity contribution < 1.29 is 9.84 Å². The number of hydrogen-bond acceptors (Lipinski definition) is 4. The average molecular weight is 290 g/mol. The molecule has 1 unspecified atom stereocenters. The van der Waals surface area contributed by atoms with Gasteiger partial charge in [-0.3, -0.25) is 0 Å². The van der Waals surface area contributed by atoms with Crippen molar-refractivity contribution in [3.05, 3.63) is 48.0 Å². The van der Waals surface area contributed by atoms with Crippen LogP contribution in [-0.2, 0) is 0 Å². The Morgan fingerprint density at radius 3 is 2.68 bits per heavy atom. The van der Waals surface area contributed by atoms with Crippen molar-refractivity contribution in [2.75, 3.05) is 12.9 Å². The Bertz CT molecular complexity index is 598. The highest BCUT2D eigenvalue weighted by Gasteiger charge is 2.21. The molecule has 0 bridgehead atoms. The highest BCUT2D eigenvalue weighted by atomic mass is 32.2. The Labute approximate surface area is 121 Å². The summed E-state index contributed by atoms with van der Waals surface area (Å²) in [4.78, 5) is 2.67. The zero-order valence-electron chi connectivity index (χ0n) is 10.5. The molecule has 4 heteroatoms. The zero-order valence-corrected chi connectivity index (χ0v) is 12.1. The van der Waals surface area contributed by atoms with Gasteiger partial charge in [-0.15, -0.1) is 23.5 Å². The molecule has 2 aromatic rings. The Balaban J connectivity index is 1.87. The number of thioether (sulfide) groups is 2. The van der Waals surface area contributed by atoms with Crippen LogP contribution in [-0.4, -0.2) is 18.0 Å². The van der Waals surface area contributed by atoms with E-state index in [1.54, 1.807) is 7.11 Å². The lowest BCUT2D eigenvalue weighted by atomic mass is 10.1. The number of rotatable bonds is 2. The fourth-order valence-corrected chi connectivity index (χ4v) is 4.73. The molecule has 0 spiro atoms. The molecule has 2 nitrogen and oxygen atoms in total. The summed E-state index contributed by atoms with van der Waals surface area (Å²) in [6.45, 7) is 0. The lowest BCUT2D eigenvalue weighted by Gasteiger charge is -2.24.